The molecule has 57 heavy (non-hydrogen) atoms. The Balaban J connectivity index is 1.00. The third kappa shape index (κ3) is 6.48. The zero-order chi connectivity index (χ0) is 40.5. The molecule has 308 valence electrons. The number of aromatic nitrogens is 3. The number of amides is 2. The Kier molecular flexibility index (Phi) is 10.3. The zero-order valence-electron chi connectivity index (χ0n) is 35.9. The van der Waals surface area contributed by atoms with Crippen molar-refractivity contribution in [3.05, 3.63) is 65.5 Å². The number of fused-ring (bicyclic) bond motifs is 7. The maximum Gasteiger partial charge on any atom is 0.251 e. The molecule has 1 saturated heterocycles. The summed E-state index contributed by atoms with van der Waals surface area (Å²) in [5, 5.41) is 12.3. The Morgan fingerprint density at radius 2 is 1.63 bits per heavy atom. The molecule has 1 aromatic carbocycles. The molecular formula is C48H68N6O3. The highest BCUT2D eigenvalue weighted by Gasteiger charge is 2.72. The number of allylic oxidation sites excluding steroid dienone is 1. The summed E-state index contributed by atoms with van der Waals surface area (Å²) in [6, 6.07) is 9.97. The standard InChI is InChI=1S/C48H68N6O3/c1-32(2)36-16-21-48(23-22-46(6)37(41(36)48)14-15-39-45(5)19-18-40(55)44(3,4)38(45)17-20-47(39,46)7)43(57)49-29-35-31-54(51-50-35)30-34(28-33-12-10-9-11-13-33)42(56)53-26-24-52(8)25-27-53/h9-13,28,31,36-39,41H,1,14-27,29-30H2,2-8H3,(H,49,57)/b34-28+/t36-,37+,38-,39+,41+,45-,46+,47+,48-/m0/s1. The quantitative estimate of drug-likeness (QED) is 0.216. The van der Waals surface area contributed by atoms with Crippen molar-refractivity contribution in [3.8, 4) is 0 Å². The van der Waals surface area contributed by atoms with Gasteiger partial charge in [0.1, 0.15) is 11.5 Å². The van der Waals surface area contributed by atoms with Crippen molar-refractivity contribution >= 4 is 23.7 Å². The molecule has 1 aromatic heterocycles. The van der Waals surface area contributed by atoms with Gasteiger partial charge in [0.2, 0.25) is 5.91 Å². The van der Waals surface area contributed by atoms with Gasteiger partial charge in [0, 0.05) is 43.6 Å². The number of nitrogens with zero attached hydrogens (tertiary/aromatic N) is 5. The van der Waals surface area contributed by atoms with E-state index in [1.54, 1.807) is 4.68 Å². The van der Waals surface area contributed by atoms with Gasteiger partial charge in [0.25, 0.3) is 5.91 Å². The fourth-order valence-corrected chi connectivity index (χ4v) is 14.5. The van der Waals surface area contributed by atoms with Crippen LogP contribution in [0.25, 0.3) is 6.08 Å². The van der Waals surface area contributed by atoms with Crippen molar-refractivity contribution in [1.82, 2.24) is 30.1 Å². The van der Waals surface area contributed by atoms with Crippen LogP contribution in [0.5, 0.6) is 0 Å². The van der Waals surface area contributed by atoms with Crippen LogP contribution in [-0.4, -0.2) is 75.6 Å². The Morgan fingerprint density at radius 1 is 0.895 bits per heavy atom. The molecule has 1 aliphatic heterocycles. The lowest BCUT2D eigenvalue weighted by molar-refractivity contribution is -0.233. The largest absolute Gasteiger partial charge is 0.350 e. The fraction of sp³-hybridized carbons (Fsp3) is 0.688. The van der Waals surface area contributed by atoms with Crippen molar-refractivity contribution in [2.75, 3.05) is 33.2 Å². The molecule has 5 aliphatic carbocycles. The van der Waals surface area contributed by atoms with Crippen LogP contribution < -0.4 is 5.32 Å². The third-order valence-electron chi connectivity index (χ3n) is 17.8. The molecule has 2 aromatic rings. The molecule has 5 saturated carbocycles. The molecule has 2 heterocycles. The van der Waals surface area contributed by atoms with E-state index < -0.39 is 5.41 Å². The molecule has 0 spiro atoms. The van der Waals surface area contributed by atoms with Crippen molar-refractivity contribution in [3.63, 3.8) is 0 Å². The second-order valence-electron chi connectivity index (χ2n) is 20.8. The van der Waals surface area contributed by atoms with Gasteiger partial charge >= 0.3 is 0 Å². The number of carbonyl (C=O) groups excluding carboxylic acids is 3. The average molecular weight is 777 g/mol. The van der Waals surface area contributed by atoms with Crippen molar-refractivity contribution in [1.29, 1.82) is 0 Å². The first-order valence-electron chi connectivity index (χ1n) is 22.1. The second kappa shape index (κ2) is 14.6. The predicted octanol–water partition coefficient (Wildman–Crippen LogP) is 7.98. The highest BCUT2D eigenvalue weighted by Crippen LogP contribution is 2.77. The number of benzene rings is 1. The van der Waals surface area contributed by atoms with Crippen LogP contribution in [0.4, 0.5) is 0 Å². The van der Waals surface area contributed by atoms with E-state index in [0.717, 1.165) is 63.6 Å². The van der Waals surface area contributed by atoms with Crippen molar-refractivity contribution < 1.29 is 14.4 Å². The van der Waals surface area contributed by atoms with E-state index in [1.165, 1.54) is 18.4 Å². The lowest BCUT2D eigenvalue weighted by atomic mass is 9.32. The van der Waals surface area contributed by atoms with Crippen molar-refractivity contribution in [2.45, 2.75) is 119 Å². The lowest BCUT2D eigenvalue weighted by Gasteiger charge is -2.72. The fourth-order valence-electron chi connectivity index (χ4n) is 14.5. The minimum atomic E-state index is -0.423. The summed E-state index contributed by atoms with van der Waals surface area (Å²) < 4.78 is 1.74. The first-order chi connectivity index (χ1) is 27.0. The maximum atomic E-state index is 14.8. The lowest BCUT2D eigenvalue weighted by Crippen LogP contribution is -2.67. The van der Waals surface area contributed by atoms with Gasteiger partial charge in [-0.3, -0.25) is 14.4 Å². The summed E-state index contributed by atoms with van der Waals surface area (Å²) >= 11 is 0. The van der Waals surface area contributed by atoms with Crippen LogP contribution in [-0.2, 0) is 27.5 Å². The van der Waals surface area contributed by atoms with Crippen LogP contribution in [0, 0.1) is 56.7 Å². The molecule has 9 nitrogen and oxygen atoms in total. The minimum absolute atomic E-state index is 0.0303. The van der Waals surface area contributed by atoms with Gasteiger partial charge in [0.15, 0.2) is 0 Å². The zero-order valence-corrected chi connectivity index (χ0v) is 35.9. The van der Waals surface area contributed by atoms with E-state index in [2.05, 4.69) is 75.7 Å². The van der Waals surface area contributed by atoms with E-state index in [0.29, 0.717) is 73.3 Å². The van der Waals surface area contributed by atoms with Gasteiger partial charge in [-0.1, -0.05) is 82.3 Å². The monoisotopic (exact) mass is 777 g/mol. The van der Waals surface area contributed by atoms with E-state index >= 15 is 0 Å². The number of Topliss-reactive ketones (excluding diaryl/α,β-unsaturated/α-hetero) is 1. The molecule has 0 bridgehead atoms. The van der Waals surface area contributed by atoms with Gasteiger partial charge < -0.3 is 15.1 Å². The number of hydrogen-bond acceptors (Lipinski definition) is 6. The molecule has 9 atom stereocenters. The van der Waals surface area contributed by atoms with Gasteiger partial charge in [-0.05, 0) is 129 Å². The number of rotatable bonds is 8. The van der Waals surface area contributed by atoms with E-state index in [-0.39, 0.29) is 39.4 Å². The Hall–Kier alpha value is -3.59. The van der Waals surface area contributed by atoms with Crippen LogP contribution in [0.3, 0.4) is 0 Å². The van der Waals surface area contributed by atoms with Gasteiger partial charge in [-0.25, -0.2) is 4.68 Å². The van der Waals surface area contributed by atoms with Gasteiger partial charge in [-0.2, -0.15) is 0 Å². The van der Waals surface area contributed by atoms with Crippen LogP contribution in [0.15, 0.2) is 54.3 Å². The topological polar surface area (TPSA) is 100 Å². The van der Waals surface area contributed by atoms with Crippen LogP contribution in [0.1, 0.15) is 117 Å². The first kappa shape index (κ1) is 40.2. The van der Waals surface area contributed by atoms with E-state index in [9.17, 15) is 14.4 Å². The van der Waals surface area contributed by atoms with Crippen LogP contribution >= 0.6 is 0 Å². The second-order valence-corrected chi connectivity index (χ2v) is 20.8. The first-order valence-corrected chi connectivity index (χ1v) is 22.1. The molecule has 8 rings (SSSR count). The third-order valence-corrected chi connectivity index (χ3v) is 17.8. The summed E-state index contributed by atoms with van der Waals surface area (Å²) in [5.41, 5.74) is 3.35. The molecule has 2 amide bonds. The molecule has 1 N–H and O–H groups in total. The Morgan fingerprint density at radius 3 is 2.35 bits per heavy atom. The molecule has 0 radical (unpaired) electrons. The number of piperazine rings is 1. The molecular weight excluding hydrogens is 709 g/mol. The summed E-state index contributed by atoms with van der Waals surface area (Å²) in [6.45, 7) is 22.7. The number of ketones is 1. The Bertz CT molecular complexity index is 1930. The number of nitrogens with one attached hydrogen (secondary N) is 1. The van der Waals surface area contributed by atoms with Crippen molar-refractivity contribution in [2.24, 2.45) is 56.7 Å². The highest BCUT2D eigenvalue weighted by molar-refractivity contribution is 5.98. The van der Waals surface area contributed by atoms with E-state index in [1.807, 2.05) is 47.5 Å². The average Bonchev–Trinajstić information content (AvgIpc) is 3.81. The summed E-state index contributed by atoms with van der Waals surface area (Å²) in [7, 11) is 2.09. The SMILES string of the molecule is C=C(C)[C@@H]1CC[C@]2(C(=O)NCc3cn(C/C(=C\c4ccccc4)C(=O)N4CCN(C)CC4)nn3)CC[C@]3(C)[C@H](CC[C@@H]4[C@@]5(C)CCC(=O)C(C)(C)[C@@H]5CC[C@]43C)[C@@H]12. The number of likely N-dealkylation sites (N-methyl/N-ethyl adjacent to an activating group) is 1. The normalized spacial score (nSPS) is 37.7. The summed E-state index contributed by atoms with van der Waals surface area (Å²) in [4.78, 5) is 46.1. The van der Waals surface area contributed by atoms with Crippen LogP contribution in [0.2, 0.25) is 0 Å². The molecule has 6 aliphatic rings. The number of carbonyl (C=O) groups is 3. The smallest absolute Gasteiger partial charge is 0.251 e. The Labute approximate surface area is 341 Å². The maximum absolute atomic E-state index is 14.8. The summed E-state index contributed by atoms with van der Waals surface area (Å²) in [6.07, 6.45) is 14.1. The van der Waals surface area contributed by atoms with Gasteiger partial charge in [0.05, 0.1) is 24.7 Å². The number of hydrogen-bond donors (Lipinski definition) is 1. The molecule has 6 fully saturated rings. The molecule has 0 unspecified atom stereocenters. The predicted molar refractivity (Wildman–Crippen MR) is 224 cm³/mol. The van der Waals surface area contributed by atoms with E-state index in [4.69, 9.17) is 0 Å². The highest BCUT2D eigenvalue weighted by atomic mass is 16.2. The summed E-state index contributed by atoms with van der Waals surface area (Å²) in [5.74, 6) is 2.74. The molecule has 9 heteroatoms. The minimum Gasteiger partial charge on any atom is -0.350 e. The van der Waals surface area contributed by atoms with Gasteiger partial charge in [-0.15, -0.1) is 5.10 Å².